The van der Waals surface area contributed by atoms with E-state index < -0.39 is 5.91 Å². The Hall–Kier alpha value is -0.971. The summed E-state index contributed by atoms with van der Waals surface area (Å²) >= 11 is 0. The number of nitrogens with zero attached hydrogens (tertiary/aromatic N) is 1. The molecule has 5 N–H and O–H groups in total. The van der Waals surface area contributed by atoms with E-state index in [1.807, 2.05) is 0 Å². The number of hydrogen-bond acceptors (Lipinski definition) is 4. The SMILES string of the molecule is NNc1ccc(C(N)=O)cn1.[99Tc]. The van der Waals surface area contributed by atoms with Gasteiger partial charge in [-0.15, -0.1) is 0 Å². The zero-order valence-electron chi connectivity index (χ0n) is 6.12. The van der Waals surface area contributed by atoms with Gasteiger partial charge >= 0.3 is 0 Å². The number of pyridine rings is 1. The first-order chi connectivity index (χ1) is 5.24. The van der Waals surface area contributed by atoms with Gasteiger partial charge in [0.25, 0.3) is 0 Å². The Morgan fingerprint density at radius 3 is 2.50 bits per heavy atom. The Labute approximate surface area is 82.9 Å². The summed E-state index contributed by atoms with van der Waals surface area (Å²) in [4.78, 5) is 14.3. The average Bonchev–Trinajstić information content (AvgIpc) is 2.05. The van der Waals surface area contributed by atoms with Crippen LogP contribution in [-0.4, -0.2) is 10.9 Å². The Morgan fingerprint density at radius 2 is 2.17 bits per heavy atom. The van der Waals surface area contributed by atoms with E-state index in [9.17, 15) is 4.79 Å². The predicted octanol–water partition coefficient (Wildman–Crippen LogP) is -0.536. The maximum Gasteiger partial charge on any atom is 0.250 e. The molecule has 5 nitrogen and oxygen atoms in total. The number of nitrogen functional groups attached to an aromatic ring is 1. The van der Waals surface area contributed by atoms with Crippen LogP contribution in [0.5, 0.6) is 0 Å². The molecule has 0 aliphatic carbocycles. The second kappa shape index (κ2) is 4.82. The maximum absolute atomic E-state index is 10.5. The van der Waals surface area contributed by atoms with Gasteiger partial charge in [-0.25, -0.2) is 10.8 Å². The number of carbonyl (C=O) groups excluding carboxylic acids is 1. The van der Waals surface area contributed by atoms with Crippen molar-refractivity contribution in [3.63, 3.8) is 0 Å². The molecule has 0 atom stereocenters. The summed E-state index contributed by atoms with van der Waals surface area (Å²) in [7, 11) is 0. The molecule has 0 aliphatic rings. The third kappa shape index (κ3) is 2.58. The fraction of sp³-hybridized carbons (Fsp3) is 0. The zero-order chi connectivity index (χ0) is 8.27. The molecule has 12 heavy (non-hydrogen) atoms. The number of amides is 1. The van der Waals surface area contributed by atoms with Gasteiger partial charge in [0.1, 0.15) is 5.82 Å². The number of hydrogen-bond donors (Lipinski definition) is 3. The standard InChI is InChI=1S/C6H8N4O.Tc/c7-6(11)4-1-2-5(10-8)9-3-4;/h1-3H,8H2,(H2,7,11)(H,9,10);/i;1+1. The third-order valence-electron chi connectivity index (χ3n) is 1.20. The van der Waals surface area contributed by atoms with Gasteiger partial charge in [0.05, 0.1) is 5.56 Å². The minimum atomic E-state index is -0.499. The van der Waals surface area contributed by atoms with Crippen molar-refractivity contribution >= 4 is 11.7 Å². The largest absolute Gasteiger partial charge is 0.366 e. The first-order valence-corrected chi connectivity index (χ1v) is 2.96. The van der Waals surface area contributed by atoms with E-state index in [4.69, 9.17) is 11.6 Å². The van der Waals surface area contributed by atoms with Gasteiger partial charge in [-0.1, -0.05) is 0 Å². The topological polar surface area (TPSA) is 94.0 Å². The van der Waals surface area contributed by atoms with Crippen molar-refractivity contribution in [3.05, 3.63) is 23.9 Å². The van der Waals surface area contributed by atoms with Gasteiger partial charge in [-0.05, 0) is 12.1 Å². The van der Waals surface area contributed by atoms with Gasteiger partial charge in [-0.2, -0.15) is 0 Å². The van der Waals surface area contributed by atoms with Crippen LogP contribution in [0.15, 0.2) is 18.3 Å². The maximum atomic E-state index is 10.5. The van der Waals surface area contributed by atoms with Gasteiger partial charge in [-0.3, -0.25) is 4.79 Å². The van der Waals surface area contributed by atoms with Crippen LogP contribution in [0.2, 0.25) is 0 Å². The molecule has 0 fully saturated rings. The molecule has 0 unspecified atom stereocenters. The number of aromatic nitrogens is 1. The predicted molar refractivity (Wildman–Crippen MR) is 40.6 cm³/mol. The van der Waals surface area contributed by atoms with Gasteiger partial charge in [0.2, 0.25) is 5.91 Å². The van der Waals surface area contributed by atoms with Crippen molar-refractivity contribution in [3.8, 4) is 0 Å². The summed E-state index contributed by atoms with van der Waals surface area (Å²) < 4.78 is 0. The molecule has 1 aromatic heterocycles. The number of rotatable bonds is 2. The van der Waals surface area contributed by atoms with E-state index in [1.54, 1.807) is 12.1 Å². The zero-order valence-corrected chi connectivity index (χ0v) is 7.98. The Balaban J connectivity index is 0.00000121. The van der Waals surface area contributed by atoms with E-state index in [0.717, 1.165) is 0 Å². The van der Waals surface area contributed by atoms with Crippen LogP contribution < -0.4 is 17.0 Å². The second-order valence-corrected chi connectivity index (χ2v) is 1.94. The molecule has 0 saturated carbocycles. The van der Waals surface area contributed by atoms with Crippen LogP contribution in [-0.2, 0) is 20.1 Å². The van der Waals surface area contributed by atoms with Crippen LogP contribution in [0.1, 0.15) is 10.4 Å². The monoisotopic (exact) mass is 251 g/mol. The summed E-state index contributed by atoms with van der Waals surface area (Å²) in [5.74, 6) is 5.04. The Bertz CT molecular complexity index is 261. The van der Waals surface area contributed by atoms with E-state index in [1.165, 1.54) is 6.20 Å². The molecular formula is C6H8N4OTc. The van der Waals surface area contributed by atoms with Crippen molar-refractivity contribution < 1.29 is 24.9 Å². The molecule has 1 radical (unpaired) electrons. The quantitative estimate of drug-likeness (QED) is 0.486. The van der Waals surface area contributed by atoms with E-state index in [-0.39, 0.29) is 20.1 Å². The fourth-order valence-electron chi connectivity index (χ4n) is 0.625. The fourth-order valence-corrected chi connectivity index (χ4v) is 0.625. The third-order valence-corrected chi connectivity index (χ3v) is 1.20. The number of nitrogens with one attached hydrogen (secondary N) is 1. The Morgan fingerprint density at radius 1 is 1.50 bits per heavy atom. The number of nitrogens with two attached hydrogens (primary N) is 2. The summed E-state index contributed by atoms with van der Waals surface area (Å²) in [6, 6.07) is 3.12. The number of hydrazine groups is 1. The van der Waals surface area contributed by atoms with Crippen LogP contribution in [0.3, 0.4) is 0 Å². The molecule has 1 aromatic rings. The summed E-state index contributed by atoms with van der Waals surface area (Å²) in [6.45, 7) is 0. The average molecular weight is 251 g/mol. The van der Waals surface area contributed by atoms with E-state index in [2.05, 4.69) is 10.4 Å². The molecule has 6 heteroatoms. The Kier molecular flexibility index (Phi) is 4.43. The van der Waals surface area contributed by atoms with Crippen LogP contribution in [0, 0.1) is 0 Å². The smallest absolute Gasteiger partial charge is 0.250 e. The minimum Gasteiger partial charge on any atom is -0.366 e. The van der Waals surface area contributed by atoms with Crippen LogP contribution in [0.25, 0.3) is 0 Å². The molecule has 0 spiro atoms. The van der Waals surface area contributed by atoms with Crippen molar-refractivity contribution in [1.82, 2.24) is 4.98 Å². The van der Waals surface area contributed by atoms with E-state index in [0.29, 0.717) is 11.4 Å². The van der Waals surface area contributed by atoms with Crippen LogP contribution >= 0.6 is 0 Å². The number of anilines is 1. The van der Waals surface area contributed by atoms with Gasteiger partial charge < -0.3 is 11.2 Å². The van der Waals surface area contributed by atoms with Crippen molar-refractivity contribution in [1.29, 1.82) is 0 Å². The second-order valence-electron chi connectivity index (χ2n) is 1.94. The summed E-state index contributed by atoms with van der Waals surface area (Å²) in [5.41, 5.74) is 7.67. The van der Waals surface area contributed by atoms with Crippen molar-refractivity contribution in [2.45, 2.75) is 0 Å². The number of primary amides is 1. The molecule has 1 heterocycles. The number of carbonyl (C=O) groups is 1. The first-order valence-electron chi connectivity index (χ1n) is 2.96. The molecular weight excluding hydrogens is 243 g/mol. The first kappa shape index (κ1) is 11.0. The molecule has 0 saturated heterocycles. The van der Waals surface area contributed by atoms with E-state index >= 15 is 0 Å². The molecule has 65 valence electrons. The molecule has 1 rings (SSSR count). The molecule has 0 aliphatic heterocycles. The molecule has 1 amide bonds. The molecule has 0 bridgehead atoms. The molecule has 0 aromatic carbocycles. The minimum absolute atomic E-state index is 0. The van der Waals surface area contributed by atoms with Crippen molar-refractivity contribution in [2.75, 3.05) is 5.43 Å². The van der Waals surface area contributed by atoms with Gasteiger partial charge in [0, 0.05) is 26.3 Å². The summed E-state index contributed by atoms with van der Waals surface area (Å²) in [5, 5.41) is 0. The van der Waals surface area contributed by atoms with Crippen LogP contribution in [0.4, 0.5) is 5.82 Å². The van der Waals surface area contributed by atoms with Gasteiger partial charge in [0.15, 0.2) is 0 Å². The van der Waals surface area contributed by atoms with Crippen molar-refractivity contribution in [2.24, 2.45) is 11.6 Å². The normalized spacial score (nSPS) is 8.42. The summed E-state index contributed by atoms with van der Waals surface area (Å²) in [6.07, 6.45) is 1.36.